The van der Waals surface area contributed by atoms with Crippen LogP contribution in [0.1, 0.15) is 5.56 Å². The van der Waals surface area contributed by atoms with E-state index in [0.717, 1.165) is 17.3 Å². The van der Waals surface area contributed by atoms with Gasteiger partial charge >= 0.3 is 0 Å². The SMILES string of the molecule is O=C1S/C(=C/c2ccccc2)C(=O)N1CN1CCN(c2c(Cl)cccc2[N+](=O)[O-])CC1. The molecule has 2 aliphatic heterocycles. The number of halogens is 1. The summed E-state index contributed by atoms with van der Waals surface area (Å²) >= 11 is 7.17. The number of thioether (sulfide) groups is 1. The molecular formula is C21H19ClN4O4S. The van der Waals surface area contributed by atoms with Crippen LogP contribution in [0.15, 0.2) is 53.4 Å². The van der Waals surface area contributed by atoms with Crippen molar-refractivity contribution in [3.8, 4) is 0 Å². The number of nitro benzene ring substituents is 1. The molecule has 2 aliphatic rings. The van der Waals surface area contributed by atoms with Crippen molar-refractivity contribution in [3.63, 3.8) is 0 Å². The number of nitrogens with zero attached hydrogens (tertiary/aromatic N) is 4. The van der Waals surface area contributed by atoms with Crippen molar-refractivity contribution in [2.75, 3.05) is 37.7 Å². The van der Waals surface area contributed by atoms with Gasteiger partial charge in [0, 0.05) is 32.2 Å². The summed E-state index contributed by atoms with van der Waals surface area (Å²) in [7, 11) is 0. The van der Waals surface area contributed by atoms with Gasteiger partial charge in [-0.15, -0.1) is 0 Å². The number of imide groups is 1. The van der Waals surface area contributed by atoms with E-state index < -0.39 is 4.92 Å². The van der Waals surface area contributed by atoms with Crippen LogP contribution in [0, 0.1) is 10.1 Å². The Morgan fingerprint density at radius 1 is 1.03 bits per heavy atom. The van der Waals surface area contributed by atoms with Gasteiger partial charge in [-0.3, -0.25) is 29.5 Å². The van der Waals surface area contributed by atoms with Gasteiger partial charge in [0.15, 0.2) is 0 Å². The number of hydrogen-bond acceptors (Lipinski definition) is 7. The zero-order valence-corrected chi connectivity index (χ0v) is 18.0. The van der Waals surface area contributed by atoms with Gasteiger partial charge in [0.1, 0.15) is 5.69 Å². The second kappa shape index (κ2) is 9.09. The molecule has 0 unspecified atom stereocenters. The molecule has 2 aromatic rings. The van der Waals surface area contributed by atoms with E-state index in [9.17, 15) is 19.7 Å². The Balaban J connectivity index is 1.41. The smallest absolute Gasteiger partial charge is 0.294 e. The van der Waals surface area contributed by atoms with Crippen LogP contribution in [-0.2, 0) is 4.79 Å². The lowest BCUT2D eigenvalue weighted by Crippen LogP contribution is -2.51. The Morgan fingerprint density at radius 2 is 1.74 bits per heavy atom. The number of rotatable bonds is 5. The standard InChI is InChI=1S/C21H19ClN4O4S/c22-16-7-4-8-17(26(29)30)19(16)24-11-9-23(10-12-24)14-25-20(27)18(31-21(25)28)13-15-5-2-1-3-6-15/h1-8,13H,9-12,14H2/b18-13+. The van der Waals surface area contributed by atoms with Gasteiger partial charge in [-0.2, -0.15) is 0 Å². The molecule has 31 heavy (non-hydrogen) atoms. The summed E-state index contributed by atoms with van der Waals surface area (Å²) in [6.45, 7) is 2.28. The van der Waals surface area contributed by atoms with Crippen LogP contribution < -0.4 is 4.90 Å². The lowest BCUT2D eigenvalue weighted by Gasteiger charge is -2.37. The molecule has 10 heteroatoms. The number of carbonyl (C=O) groups excluding carboxylic acids is 2. The number of nitro groups is 1. The zero-order chi connectivity index (χ0) is 22.0. The molecule has 2 fully saturated rings. The Bertz CT molecular complexity index is 1050. The van der Waals surface area contributed by atoms with Crippen molar-refractivity contribution in [3.05, 3.63) is 74.1 Å². The number of amides is 2. The average molecular weight is 459 g/mol. The maximum Gasteiger partial charge on any atom is 0.294 e. The van der Waals surface area contributed by atoms with Crippen molar-refractivity contribution >= 4 is 52.0 Å². The molecule has 2 saturated heterocycles. The van der Waals surface area contributed by atoms with E-state index >= 15 is 0 Å². The molecule has 4 rings (SSSR count). The quantitative estimate of drug-likeness (QED) is 0.379. The van der Waals surface area contributed by atoms with Crippen molar-refractivity contribution < 1.29 is 14.5 Å². The van der Waals surface area contributed by atoms with E-state index in [4.69, 9.17) is 11.6 Å². The molecule has 2 amide bonds. The van der Waals surface area contributed by atoms with Crippen molar-refractivity contribution in [2.45, 2.75) is 0 Å². The fraction of sp³-hybridized carbons (Fsp3) is 0.238. The van der Waals surface area contributed by atoms with Crippen LogP contribution in [0.3, 0.4) is 0 Å². The highest BCUT2D eigenvalue weighted by atomic mass is 35.5. The summed E-state index contributed by atoms with van der Waals surface area (Å²) in [5.74, 6) is -0.303. The van der Waals surface area contributed by atoms with Crippen LogP contribution in [0.4, 0.5) is 16.2 Å². The third-order valence-electron chi connectivity index (χ3n) is 5.16. The molecule has 2 aromatic carbocycles. The van der Waals surface area contributed by atoms with Gasteiger partial charge in [0.2, 0.25) is 0 Å². The van der Waals surface area contributed by atoms with E-state index in [1.54, 1.807) is 18.2 Å². The fourth-order valence-corrected chi connectivity index (χ4v) is 4.72. The van der Waals surface area contributed by atoms with Gasteiger partial charge in [-0.25, -0.2) is 0 Å². The van der Waals surface area contributed by atoms with Gasteiger partial charge in [-0.1, -0.05) is 48.0 Å². The number of piperazine rings is 1. The second-order valence-electron chi connectivity index (χ2n) is 7.13. The summed E-state index contributed by atoms with van der Waals surface area (Å²) in [6.07, 6.45) is 1.72. The number of carbonyl (C=O) groups is 2. The first kappa shape index (κ1) is 21.4. The number of para-hydroxylation sites is 1. The molecule has 8 nitrogen and oxygen atoms in total. The van der Waals surface area contributed by atoms with Crippen molar-refractivity contribution in [1.82, 2.24) is 9.80 Å². The molecule has 0 aromatic heterocycles. The Morgan fingerprint density at radius 3 is 2.42 bits per heavy atom. The summed E-state index contributed by atoms with van der Waals surface area (Å²) in [5.41, 5.74) is 1.24. The first-order chi connectivity index (χ1) is 14.9. The summed E-state index contributed by atoms with van der Waals surface area (Å²) < 4.78 is 0. The highest BCUT2D eigenvalue weighted by Crippen LogP contribution is 2.36. The van der Waals surface area contributed by atoms with Gasteiger partial charge in [-0.05, 0) is 29.5 Å². The zero-order valence-electron chi connectivity index (χ0n) is 16.4. The molecular weight excluding hydrogens is 440 g/mol. The Kier molecular flexibility index (Phi) is 6.26. The molecule has 2 heterocycles. The molecule has 0 spiro atoms. The van der Waals surface area contributed by atoms with Gasteiger partial charge < -0.3 is 4.90 Å². The molecule has 0 aliphatic carbocycles. The first-order valence-corrected chi connectivity index (χ1v) is 10.8. The summed E-state index contributed by atoms with van der Waals surface area (Å²) in [6, 6.07) is 14.0. The third-order valence-corrected chi connectivity index (χ3v) is 6.38. The van der Waals surface area contributed by atoms with Crippen LogP contribution in [0.2, 0.25) is 5.02 Å². The van der Waals surface area contributed by atoms with E-state index in [2.05, 4.69) is 0 Å². The minimum atomic E-state index is -0.438. The van der Waals surface area contributed by atoms with Crippen LogP contribution in [0.25, 0.3) is 6.08 Å². The third kappa shape index (κ3) is 4.58. The minimum Gasteiger partial charge on any atom is -0.362 e. The lowest BCUT2D eigenvalue weighted by molar-refractivity contribution is -0.384. The maximum absolute atomic E-state index is 12.7. The largest absolute Gasteiger partial charge is 0.362 e. The molecule has 0 atom stereocenters. The highest BCUT2D eigenvalue weighted by Gasteiger charge is 2.37. The van der Waals surface area contributed by atoms with E-state index in [1.165, 1.54) is 11.0 Å². The number of benzene rings is 2. The Hall–Kier alpha value is -2.88. The predicted molar refractivity (Wildman–Crippen MR) is 121 cm³/mol. The molecule has 0 saturated carbocycles. The van der Waals surface area contributed by atoms with Crippen LogP contribution >= 0.6 is 23.4 Å². The molecule has 0 radical (unpaired) electrons. The summed E-state index contributed by atoms with van der Waals surface area (Å²) in [5, 5.41) is 11.4. The minimum absolute atomic E-state index is 0.0297. The first-order valence-electron chi connectivity index (χ1n) is 9.64. The van der Waals surface area contributed by atoms with E-state index in [1.807, 2.05) is 40.1 Å². The Labute approximate surface area is 188 Å². The van der Waals surface area contributed by atoms with Gasteiger partial charge in [0.05, 0.1) is 21.5 Å². The maximum atomic E-state index is 12.7. The molecule has 160 valence electrons. The number of anilines is 1. The number of hydrogen-bond donors (Lipinski definition) is 0. The fourth-order valence-electron chi connectivity index (χ4n) is 3.60. The summed E-state index contributed by atoms with van der Waals surface area (Å²) in [4.78, 5) is 41.6. The van der Waals surface area contributed by atoms with Gasteiger partial charge in [0.25, 0.3) is 16.8 Å². The van der Waals surface area contributed by atoms with Crippen LogP contribution in [-0.4, -0.2) is 58.7 Å². The molecule has 0 bridgehead atoms. The normalized spacial score (nSPS) is 18.8. The lowest BCUT2D eigenvalue weighted by atomic mass is 10.2. The van der Waals surface area contributed by atoms with Crippen LogP contribution in [0.5, 0.6) is 0 Å². The van der Waals surface area contributed by atoms with Crippen molar-refractivity contribution in [1.29, 1.82) is 0 Å². The molecule has 0 N–H and O–H groups in total. The van der Waals surface area contributed by atoms with E-state index in [-0.39, 0.29) is 23.5 Å². The highest BCUT2D eigenvalue weighted by molar-refractivity contribution is 8.18. The van der Waals surface area contributed by atoms with Crippen molar-refractivity contribution in [2.24, 2.45) is 0 Å². The average Bonchev–Trinajstić information content (AvgIpc) is 3.02. The van der Waals surface area contributed by atoms with E-state index in [0.29, 0.717) is 41.8 Å². The predicted octanol–water partition coefficient (Wildman–Crippen LogP) is 4.06. The topological polar surface area (TPSA) is 87.0 Å². The second-order valence-corrected chi connectivity index (χ2v) is 8.53. The monoisotopic (exact) mass is 458 g/mol.